The third kappa shape index (κ3) is 2.05. The molecule has 0 fully saturated rings. The summed E-state index contributed by atoms with van der Waals surface area (Å²) >= 11 is 6.19. The number of rotatable bonds is 1. The van der Waals surface area contributed by atoms with Gasteiger partial charge in [0, 0.05) is 25.3 Å². The van der Waals surface area contributed by atoms with Crippen molar-refractivity contribution >= 4 is 23.1 Å². The molecule has 92 valence electrons. The number of anilines is 2. The molecule has 0 saturated heterocycles. The average Bonchev–Trinajstić information content (AvgIpc) is 2.62. The van der Waals surface area contributed by atoms with Crippen LogP contribution in [0.2, 0.25) is 5.02 Å². The van der Waals surface area contributed by atoms with Gasteiger partial charge < -0.3 is 10.2 Å². The molecule has 0 aliphatic carbocycles. The molecule has 18 heavy (non-hydrogen) atoms. The molecule has 0 amide bonds. The molecular formula is C13H13ClN4. The van der Waals surface area contributed by atoms with E-state index in [1.807, 2.05) is 12.1 Å². The highest BCUT2D eigenvalue weighted by Crippen LogP contribution is 2.32. The number of nitrogens with one attached hydrogen (secondary N) is 1. The van der Waals surface area contributed by atoms with Gasteiger partial charge in [-0.25, -0.2) is 9.97 Å². The molecule has 3 rings (SSSR count). The minimum Gasteiger partial charge on any atom is -0.323 e. The summed E-state index contributed by atoms with van der Waals surface area (Å²) in [5.41, 5.74) is 2.41. The predicted molar refractivity (Wildman–Crippen MR) is 72.2 cm³/mol. The van der Waals surface area contributed by atoms with Gasteiger partial charge in [-0.15, -0.1) is 0 Å². The van der Waals surface area contributed by atoms with E-state index in [2.05, 4.69) is 32.3 Å². The van der Waals surface area contributed by atoms with Crippen LogP contribution in [0.5, 0.6) is 0 Å². The highest BCUT2D eigenvalue weighted by atomic mass is 35.5. The van der Waals surface area contributed by atoms with Crippen LogP contribution in [0.3, 0.4) is 0 Å². The van der Waals surface area contributed by atoms with Crippen LogP contribution < -0.4 is 10.2 Å². The zero-order valence-electron chi connectivity index (χ0n) is 9.81. The third-order valence-corrected chi connectivity index (χ3v) is 3.28. The summed E-state index contributed by atoms with van der Waals surface area (Å²) < 4.78 is 0. The van der Waals surface area contributed by atoms with Gasteiger partial charge in [0.2, 0.25) is 0 Å². The van der Waals surface area contributed by atoms with Crippen LogP contribution in [0.4, 0.5) is 11.5 Å². The van der Waals surface area contributed by atoms with Crippen LogP contribution in [-0.2, 0) is 6.54 Å². The Hall–Kier alpha value is -1.65. The largest absolute Gasteiger partial charge is 0.323 e. The van der Waals surface area contributed by atoms with Crippen molar-refractivity contribution in [2.24, 2.45) is 0 Å². The van der Waals surface area contributed by atoms with E-state index in [1.165, 1.54) is 11.9 Å². The first-order valence-corrected chi connectivity index (χ1v) is 6.26. The van der Waals surface area contributed by atoms with Gasteiger partial charge in [-0.1, -0.05) is 29.8 Å². The van der Waals surface area contributed by atoms with E-state index in [-0.39, 0.29) is 0 Å². The molecule has 2 aromatic rings. The maximum absolute atomic E-state index is 6.19. The van der Waals surface area contributed by atoms with Crippen molar-refractivity contribution in [3.05, 3.63) is 47.4 Å². The topological polar surface area (TPSA) is 41.1 Å². The third-order valence-electron chi connectivity index (χ3n) is 3.01. The van der Waals surface area contributed by atoms with E-state index in [0.29, 0.717) is 5.02 Å². The SMILES string of the molecule is Clc1cncnc1N1CCNCc2ccccc21. The lowest BCUT2D eigenvalue weighted by molar-refractivity contribution is 0.711. The van der Waals surface area contributed by atoms with E-state index in [0.717, 1.165) is 31.1 Å². The number of hydrogen-bond acceptors (Lipinski definition) is 4. The number of hydrogen-bond donors (Lipinski definition) is 1. The Bertz CT molecular complexity index is 558. The maximum Gasteiger partial charge on any atom is 0.155 e. The number of aromatic nitrogens is 2. The molecule has 0 radical (unpaired) electrons. The molecular weight excluding hydrogens is 248 g/mol. The maximum atomic E-state index is 6.19. The fourth-order valence-electron chi connectivity index (χ4n) is 2.18. The zero-order valence-corrected chi connectivity index (χ0v) is 10.6. The second-order valence-electron chi connectivity index (χ2n) is 4.15. The zero-order chi connectivity index (χ0) is 12.4. The first-order valence-electron chi connectivity index (χ1n) is 5.88. The van der Waals surface area contributed by atoms with Gasteiger partial charge in [0.25, 0.3) is 0 Å². The molecule has 0 unspecified atom stereocenters. The summed E-state index contributed by atoms with van der Waals surface area (Å²) in [4.78, 5) is 10.4. The number of fused-ring (bicyclic) bond motifs is 1. The van der Waals surface area contributed by atoms with Crippen LogP contribution in [0.15, 0.2) is 36.8 Å². The van der Waals surface area contributed by atoms with Crippen molar-refractivity contribution in [2.75, 3.05) is 18.0 Å². The number of para-hydroxylation sites is 1. The molecule has 4 nitrogen and oxygen atoms in total. The highest BCUT2D eigenvalue weighted by molar-refractivity contribution is 6.32. The number of nitrogens with zero attached hydrogens (tertiary/aromatic N) is 3. The van der Waals surface area contributed by atoms with E-state index >= 15 is 0 Å². The summed E-state index contributed by atoms with van der Waals surface area (Å²) in [6, 6.07) is 8.30. The monoisotopic (exact) mass is 260 g/mol. The van der Waals surface area contributed by atoms with Crippen molar-refractivity contribution in [3.8, 4) is 0 Å². The lowest BCUT2D eigenvalue weighted by Crippen LogP contribution is -2.25. The summed E-state index contributed by atoms with van der Waals surface area (Å²) in [6.45, 7) is 2.61. The minimum atomic E-state index is 0.578. The smallest absolute Gasteiger partial charge is 0.155 e. The van der Waals surface area contributed by atoms with Crippen molar-refractivity contribution in [1.29, 1.82) is 0 Å². The van der Waals surface area contributed by atoms with E-state index in [4.69, 9.17) is 11.6 Å². The Kier molecular flexibility index (Phi) is 3.13. The quantitative estimate of drug-likeness (QED) is 0.855. The Balaban J connectivity index is 2.10. The van der Waals surface area contributed by atoms with Crippen molar-refractivity contribution in [2.45, 2.75) is 6.54 Å². The molecule has 1 aromatic heterocycles. The molecule has 1 aliphatic heterocycles. The van der Waals surface area contributed by atoms with Gasteiger partial charge in [-0.05, 0) is 11.6 Å². The molecule has 0 bridgehead atoms. The van der Waals surface area contributed by atoms with E-state index in [1.54, 1.807) is 6.20 Å². The van der Waals surface area contributed by atoms with Crippen molar-refractivity contribution in [3.63, 3.8) is 0 Å². The van der Waals surface area contributed by atoms with Crippen molar-refractivity contribution in [1.82, 2.24) is 15.3 Å². The molecule has 1 aliphatic rings. The average molecular weight is 261 g/mol. The first kappa shape index (κ1) is 11.4. The second-order valence-corrected chi connectivity index (χ2v) is 4.56. The summed E-state index contributed by atoms with van der Waals surface area (Å²) in [5, 5.41) is 3.97. The van der Waals surface area contributed by atoms with Crippen LogP contribution in [0.1, 0.15) is 5.56 Å². The van der Waals surface area contributed by atoms with E-state index < -0.39 is 0 Å². The Morgan fingerprint density at radius 3 is 3.06 bits per heavy atom. The van der Waals surface area contributed by atoms with Gasteiger partial charge in [-0.2, -0.15) is 0 Å². The molecule has 0 saturated carbocycles. The molecule has 1 aromatic carbocycles. The fraction of sp³-hybridized carbons (Fsp3) is 0.231. The fourth-order valence-corrected chi connectivity index (χ4v) is 2.39. The number of halogens is 1. The minimum absolute atomic E-state index is 0.578. The Labute approximate surface area is 111 Å². The highest BCUT2D eigenvalue weighted by Gasteiger charge is 2.18. The van der Waals surface area contributed by atoms with E-state index in [9.17, 15) is 0 Å². The molecule has 1 N–H and O–H groups in total. The predicted octanol–water partition coefficient (Wildman–Crippen LogP) is 2.37. The standard InChI is InChI=1S/C13H13ClN4/c14-11-8-16-9-17-13(11)18-6-5-15-7-10-3-1-2-4-12(10)18/h1-4,8-9,15H,5-7H2. The Morgan fingerprint density at radius 2 is 2.17 bits per heavy atom. The molecule has 2 heterocycles. The summed E-state index contributed by atoms with van der Waals surface area (Å²) in [7, 11) is 0. The molecule has 0 atom stereocenters. The van der Waals surface area contributed by atoms with Crippen LogP contribution >= 0.6 is 11.6 Å². The lowest BCUT2D eigenvalue weighted by atomic mass is 10.1. The van der Waals surface area contributed by atoms with Gasteiger partial charge >= 0.3 is 0 Å². The number of benzene rings is 1. The Morgan fingerprint density at radius 1 is 1.28 bits per heavy atom. The van der Waals surface area contributed by atoms with Gasteiger partial charge in [-0.3, -0.25) is 0 Å². The summed E-state index contributed by atoms with van der Waals surface area (Å²) in [5.74, 6) is 0.766. The van der Waals surface area contributed by atoms with Crippen LogP contribution in [-0.4, -0.2) is 23.1 Å². The first-order chi connectivity index (χ1) is 8.86. The summed E-state index contributed by atoms with van der Waals surface area (Å²) in [6.07, 6.45) is 3.16. The normalized spacial score (nSPS) is 15.1. The van der Waals surface area contributed by atoms with Gasteiger partial charge in [0.1, 0.15) is 11.3 Å². The van der Waals surface area contributed by atoms with Gasteiger partial charge in [0.15, 0.2) is 5.82 Å². The lowest BCUT2D eigenvalue weighted by Gasteiger charge is -2.23. The molecule has 5 heteroatoms. The van der Waals surface area contributed by atoms with Crippen LogP contribution in [0, 0.1) is 0 Å². The van der Waals surface area contributed by atoms with Crippen molar-refractivity contribution < 1.29 is 0 Å². The van der Waals surface area contributed by atoms with Crippen LogP contribution in [0.25, 0.3) is 0 Å². The second kappa shape index (κ2) is 4.92. The van der Waals surface area contributed by atoms with Gasteiger partial charge in [0.05, 0.1) is 6.20 Å². The molecule has 0 spiro atoms.